The molecule has 0 heterocycles. The van der Waals surface area contributed by atoms with Gasteiger partial charge in [0.25, 0.3) is 0 Å². The maximum absolute atomic E-state index is 6.20. The molecule has 0 saturated carbocycles. The van der Waals surface area contributed by atoms with Crippen LogP contribution in [0.3, 0.4) is 0 Å². The van der Waals surface area contributed by atoms with E-state index in [-0.39, 0.29) is 0 Å². The minimum atomic E-state index is 0.890. The summed E-state index contributed by atoms with van der Waals surface area (Å²) in [5.74, 6) is 0. The quantitative estimate of drug-likeness (QED) is 0.756. The van der Waals surface area contributed by atoms with Gasteiger partial charge in [-0.05, 0) is 30.9 Å². The van der Waals surface area contributed by atoms with E-state index in [1.807, 2.05) is 6.08 Å². The van der Waals surface area contributed by atoms with Gasteiger partial charge in [-0.1, -0.05) is 55.9 Å². The van der Waals surface area contributed by atoms with Crippen molar-refractivity contribution >= 4 is 0 Å². The summed E-state index contributed by atoms with van der Waals surface area (Å²) in [7, 11) is 0. The Morgan fingerprint density at radius 3 is 2.69 bits per heavy atom. The Balaban J connectivity index is 3.14. The third kappa shape index (κ3) is 3.27. The number of hydrogen-bond acceptors (Lipinski definition) is 1. The second-order valence-corrected chi connectivity index (χ2v) is 4.16. The van der Waals surface area contributed by atoms with Crippen LogP contribution >= 0.6 is 0 Å². The molecule has 2 N–H and O–H groups in total. The molecule has 0 aliphatic heterocycles. The smallest absolute Gasteiger partial charge is 0.0382 e. The van der Waals surface area contributed by atoms with E-state index < -0.39 is 0 Å². The zero-order valence-electron chi connectivity index (χ0n) is 10.3. The van der Waals surface area contributed by atoms with E-state index in [1.165, 1.54) is 11.1 Å². The van der Waals surface area contributed by atoms with Gasteiger partial charge in [-0.2, -0.15) is 0 Å². The summed E-state index contributed by atoms with van der Waals surface area (Å²) in [6.45, 7) is 8.14. The Labute approximate surface area is 98.7 Å². The molecule has 0 aromatic heterocycles. The molecule has 0 bridgehead atoms. The maximum atomic E-state index is 6.20. The highest BCUT2D eigenvalue weighted by molar-refractivity contribution is 5.42. The van der Waals surface area contributed by atoms with Crippen LogP contribution in [-0.2, 0) is 0 Å². The highest BCUT2D eigenvalue weighted by Crippen LogP contribution is 2.22. The van der Waals surface area contributed by atoms with Crippen molar-refractivity contribution in [3.8, 4) is 0 Å². The van der Waals surface area contributed by atoms with Gasteiger partial charge in [0.1, 0.15) is 0 Å². The largest absolute Gasteiger partial charge is 0.398 e. The predicted molar refractivity (Wildman–Crippen MR) is 71.9 cm³/mol. The van der Waals surface area contributed by atoms with Crippen molar-refractivity contribution in [3.63, 3.8) is 0 Å². The molecule has 1 aliphatic carbocycles. The molecule has 1 heteroatoms. The minimum absolute atomic E-state index is 0.890. The molecule has 0 saturated heterocycles. The van der Waals surface area contributed by atoms with Crippen molar-refractivity contribution in [3.05, 3.63) is 59.4 Å². The first-order valence-electron chi connectivity index (χ1n) is 5.83. The SMILES string of the molecule is C=C/C1=C(N)/C(CCC)=C/C=C/C=C(/C)C1. The first-order valence-corrected chi connectivity index (χ1v) is 5.83. The van der Waals surface area contributed by atoms with Gasteiger partial charge in [0.05, 0.1) is 0 Å². The molecule has 1 aliphatic rings. The molecule has 1 nitrogen and oxygen atoms in total. The molecular weight excluding hydrogens is 194 g/mol. The Kier molecular flexibility index (Phi) is 4.84. The zero-order valence-corrected chi connectivity index (χ0v) is 10.3. The Morgan fingerprint density at radius 2 is 2.06 bits per heavy atom. The van der Waals surface area contributed by atoms with E-state index in [1.54, 1.807) is 0 Å². The molecule has 0 amide bonds. The van der Waals surface area contributed by atoms with E-state index in [0.717, 1.165) is 30.5 Å². The second-order valence-electron chi connectivity index (χ2n) is 4.16. The fourth-order valence-corrected chi connectivity index (χ4v) is 1.81. The third-order valence-corrected chi connectivity index (χ3v) is 2.72. The Bertz CT molecular complexity index is 378. The normalized spacial score (nSPS) is 30.1. The highest BCUT2D eigenvalue weighted by Gasteiger charge is 2.06. The number of nitrogens with two attached hydrogens (primary N) is 1. The van der Waals surface area contributed by atoms with Crippen molar-refractivity contribution in [2.45, 2.75) is 33.1 Å². The van der Waals surface area contributed by atoms with Crippen molar-refractivity contribution in [2.24, 2.45) is 5.73 Å². The lowest BCUT2D eigenvalue weighted by atomic mass is 9.98. The van der Waals surface area contributed by atoms with Gasteiger partial charge >= 0.3 is 0 Å². The fraction of sp³-hybridized carbons (Fsp3) is 0.333. The van der Waals surface area contributed by atoms with Crippen molar-refractivity contribution < 1.29 is 0 Å². The van der Waals surface area contributed by atoms with Crippen molar-refractivity contribution in [1.82, 2.24) is 0 Å². The summed E-state index contributed by atoms with van der Waals surface area (Å²) in [6, 6.07) is 0. The molecule has 0 radical (unpaired) electrons. The summed E-state index contributed by atoms with van der Waals surface area (Å²) in [5, 5.41) is 0. The maximum Gasteiger partial charge on any atom is 0.0382 e. The summed E-state index contributed by atoms with van der Waals surface area (Å²) in [5.41, 5.74) is 10.8. The van der Waals surface area contributed by atoms with Gasteiger partial charge in [-0.15, -0.1) is 0 Å². The monoisotopic (exact) mass is 215 g/mol. The summed E-state index contributed by atoms with van der Waals surface area (Å²) in [4.78, 5) is 0. The van der Waals surface area contributed by atoms with E-state index in [9.17, 15) is 0 Å². The first kappa shape index (κ1) is 12.6. The summed E-state index contributed by atoms with van der Waals surface area (Å²) >= 11 is 0. The fourth-order valence-electron chi connectivity index (χ4n) is 1.81. The Morgan fingerprint density at radius 1 is 1.38 bits per heavy atom. The van der Waals surface area contributed by atoms with Gasteiger partial charge in [0.15, 0.2) is 0 Å². The van der Waals surface area contributed by atoms with Gasteiger partial charge in [0.2, 0.25) is 0 Å². The van der Waals surface area contributed by atoms with E-state index in [0.29, 0.717) is 0 Å². The first-order chi connectivity index (χ1) is 7.69. The standard InChI is InChI=1S/C15H21N/c1-4-8-14-10-7-6-9-12(3)11-13(5-2)15(14)16/h5-7,9-10H,2,4,8,11,16H2,1,3H3/b7-6+,12-9-,14-10+,15-13+. The van der Waals surface area contributed by atoms with Crippen LogP contribution in [0.2, 0.25) is 0 Å². The van der Waals surface area contributed by atoms with Crippen molar-refractivity contribution in [1.29, 1.82) is 0 Å². The van der Waals surface area contributed by atoms with Gasteiger partial charge in [-0.25, -0.2) is 0 Å². The van der Waals surface area contributed by atoms with Crippen LogP contribution in [0.25, 0.3) is 0 Å². The molecule has 0 atom stereocenters. The number of hydrogen-bond donors (Lipinski definition) is 1. The average Bonchev–Trinajstić information content (AvgIpc) is 2.34. The number of rotatable bonds is 3. The predicted octanol–water partition coefficient (Wildman–Crippen LogP) is 4.02. The lowest BCUT2D eigenvalue weighted by molar-refractivity contribution is 0.900. The van der Waals surface area contributed by atoms with Gasteiger partial charge < -0.3 is 5.73 Å². The van der Waals surface area contributed by atoms with Crippen LogP contribution in [0.4, 0.5) is 0 Å². The van der Waals surface area contributed by atoms with Gasteiger partial charge in [-0.3, -0.25) is 0 Å². The van der Waals surface area contributed by atoms with E-state index >= 15 is 0 Å². The van der Waals surface area contributed by atoms with Gasteiger partial charge in [0, 0.05) is 5.70 Å². The average molecular weight is 215 g/mol. The van der Waals surface area contributed by atoms with Crippen LogP contribution in [-0.4, -0.2) is 0 Å². The van der Waals surface area contributed by atoms with E-state index in [4.69, 9.17) is 5.73 Å². The van der Waals surface area contributed by atoms with Crippen LogP contribution in [0.15, 0.2) is 59.4 Å². The molecular formula is C15H21N. The lowest BCUT2D eigenvalue weighted by Crippen LogP contribution is -2.05. The minimum Gasteiger partial charge on any atom is -0.398 e. The second kappa shape index (κ2) is 6.16. The number of allylic oxidation sites excluding steroid dienone is 8. The molecule has 0 fully saturated rings. The Hall–Kier alpha value is -1.50. The molecule has 86 valence electrons. The highest BCUT2D eigenvalue weighted by atomic mass is 14.6. The van der Waals surface area contributed by atoms with E-state index in [2.05, 4.69) is 44.7 Å². The van der Waals surface area contributed by atoms with Crippen LogP contribution < -0.4 is 5.73 Å². The molecule has 0 aromatic rings. The topological polar surface area (TPSA) is 26.0 Å². The molecule has 1 rings (SSSR count). The summed E-state index contributed by atoms with van der Waals surface area (Å²) < 4.78 is 0. The van der Waals surface area contributed by atoms with Crippen LogP contribution in [0.5, 0.6) is 0 Å². The molecule has 16 heavy (non-hydrogen) atoms. The van der Waals surface area contributed by atoms with Crippen molar-refractivity contribution in [2.75, 3.05) is 0 Å². The molecule has 0 spiro atoms. The summed E-state index contributed by atoms with van der Waals surface area (Å²) in [6.07, 6.45) is 13.3. The lowest BCUT2D eigenvalue weighted by Gasteiger charge is -2.11. The third-order valence-electron chi connectivity index (χ3n) is 2.72. The van der Waals surface area contributed by atoms with Crippen LogP contribution in [0.1, 0.15) is 33.1 Å². The molecule has 0 aromatic carbocycles. The molecule has 0 unspecified atom stereocenters. The zero-order chi connectivity index (χ0) is 12.0. The van der Waals surface area contributed by atoms with Crippen LogP contribution in [0, 0.1) is 0 Å².